The van der Waals surface area contributed by atoms with Gasteiger partial charge in [0.25, 0.3) is 0 Å². The topological polar surface area (TPSA) is 101 Å². The second-order valence-electron chi connectivity index (χ2n) is 7.57. The molecule has 9 heteroatoms. The molecule has 3 N–H and O–H groups in total. The fourth-order valence-corrected chi connectivity index (χ4v) is 4.14. The van der Waals surface area contributed by atoms with E-state index in [0.29, 0.717) is 30.4 Å². The van der Waals surface area contributed by atoms with Crippen molar-refractivity contribution >= 4 is 46.1 Å². The van der Waals surface area contributed by atoms with Crippen molar-refractivity contribution in [1.82, 2.24) is 10.2 Å². The summed E-state index contributed by atoms with van der Waals surface area (Å²) in [5.74, 6) is 0.690. The van der Waals surface area contributed by atoms with Crippen molar-refractivity contribution < 1.29 is 9.59 Å². The van der Waals surface area contributed by atoms with E-state index in [4.69, 9.17) is 17.3 Å². The molecule has 3 aromatic rings. The number of carbonyl (C=O) groups excluding carboxylic acids is 2. The molecular weight excluding hydrogens is 470 g/mol. The Hall–Kier alpha value is -2.81. The zero-order valence-electron chi connectivity index (χ0n) is 19.8. The Morgan fingerprint density at radius 3 is 2.29 bits per heavy atom. The van der Waals surface area contributed by atoms with Gasteiger partial charge in [-0.1, -0.05) is 68.0 Å². The summed E-state index contributed by atoms with van der Waals surface area (Å²) in [6.45, 7) is 7.48. The molecular formula is C25H32ClN5O2S. The van der Waals surface area contributed by atoms with Gasteiger partial charge in [-0.3, -0.25) is 9.59 Å². The maximum atomic E-state index is 11.6. The molecule has 4 rings (SSSR count). The summed E-state index contributed by atoms with van der Waals surface area (Å²) >= 11 is 7.19. The molecule has 182 valence electrons. The number of amides is 2. The first-order chi connectivity index (χ1) is 16.5. The van der Waals surface area contributed by atoms with E-state index < -0.39 is 0 Å². The molecule has 1 unspecified atom stereocenters. The van der Waals surface area contributed by atoms with Gasteiger partial charge in [0.1, 0.15) is 5.01 Å². The first kappa shape index (κ1) is 27.4. The highest BCUT2D eigenvalue weighted by Crippen LogP contribution is 2.24. The zero-order chi connectivity index (χ0) is 24.9. The van der Waals surface area contributed by atoms with Gasteiger partial charge in [0.15, 0.2) is 0 Å². The number of anilines is 2. The van der Waals surface area contributed by atoms with Crippen molar-refractivity contribution in [3.63, 3.8) is 0 Å². The van der Waals surface area contributed by atoms with Crippen LogP contribution in [0.2, 0.25) is 5.02 Å². The van der Waals surface area contributed by atoms with Crippen molar-refractivity contribution in [2.75, 3.05) is 16.8 Å². The lowest BCUT2D eigenvalue weighted by Gasteiger charge is -2.16. The number of nitrogens with zero attached hydrogens (tertiary/aromatic N) is 3. The van der Waals surface area contributed by atoms with Crippen LogP contribution >= 0.6 is 22.9 Å². The maximum absolute atomic E-state index is 11.6. The number of nitrogens with one attached hydrogen (secondary N) is 1. The predicted octanol–water partition coefficient (Wildman–Crippen LogP) is 5.09. The highest BCUT2D eigenvalue weighted by atomic mass is 35.5. The number of aromatic nitrogens is 2. The number of carbonyl (C=O) groups is 2. The number of hydrogen-bond acceptors (Lipinski definition) is 6. The molecule has 7 nitrogen and oxygen atoms in total. The number of nitrogens with two attached hydrogens (primary N) is 1. The standard InChI is InChI=1S/C12H16N2O.C11H10ClN3OS.C2H6/c1-9-6-12(15)14(8-9)11-4-2-10(7-13)3-5-11;12-9-4-1-8(2-5-9)3-6-10-14-15-11(17-10)13-7-16;1-2/h2-5,9H,6-8,13H2,1H3;1-2,4-5,7H,3,6H2,(H,13,15,16);1-2H3. The molecule has 1 aromatic heterocycles. The number of aryl methyl sites for hydroxylation is 2. The van der Waals surface area contributed by atoms with E-state index in [1.807, 2.05) is 67.3 Å². The molecule has 2 amide bonds. The summed E-state index contributed by atoms with van der Waals surface area (Å²) in [7, 11) is 0. The lowest BCUT2D eigenvalue weighted by Crippen LogP contribution is -2.24. The van der Waals surface area contributed by atoms with Gasteiger partial charge in [0.05, 0.1) is 0 Å². The Labute approximate surface area is 210 Å². The molecule has 1 atom stereocenters. The molecule has 0 radical (unpaired) electrons. The molecule has 0 saturated carbocycles. The molecule has 2 heterocycles. The van der Waals surface area contributed by atoms with E-state index in [0.717, 1.165) is 40.7 Å². The number of halogens is 1. The monoisotopic (exact) mass is 501 g/mol. The van der Waals surface area contributed by atoms with Gasteiger partial charge in [0, 0.05) is 36.6 Å². The fourth-order valence-electron chi connectivity index (χ4n) is 3.31. The Bertz CT molecular complexity index is 1020. The van der Waals surface area contributed by atoms with Crippen LogP contribution in [0.25, 0.3) is 0 Å². The zero-order valence-corrected chi connectivity index (χ0v) is 21.4. The van der Waals surface area contributed by atoms with Crippen molar-refractivity contribution in [2.24, 2.45) is 11.7 Å². The Balaban J connectivity index is 0.000000225. The summed E-state index contributed by atoms with van der Waals surface area (Å²) < 4.78 is 0. The van der Waals surface area contributed by atoms with Gasteiger partial charge in [-0.15, -0.1) is 10.2 Å². The maximum Gasteiger partial charge on any atom is 0.227 e. The second-order valence-corrected chi connectivity index (χ2v) is 9.07. The Kier molecular flexibility index (Phi) is 11.7. The van der Waals surface area contributed by atoms with E-state index in [1.54, 1.807) is 0 Å². The average molecular weight is 502 g/mol. The first-order valence-corrected chi connectivity index (χ1v) is 12.5. The summed E-state index contributed by atoms with van der Waals surface area (Å²) in [5.41, 5.74) is 8.81. The minimum Gasteiger partial charge on any atom is -0.326 e. The molecule has 0 spiro atoms. The summed E-state index contributed by atoms with van der Waals surface area (Å²) in [5, 5.41) is 12.5. The quantitative estimate of drug-likeness (QED) is 0.439. The third-order valence-corrected chi connectivity index (χ3v) is 6.16. The minimum absolute atomic E-state index is 0.225. The van der Waals surface area contributed by atoms with E-state index in [9.17, 15) is 9.59 Å². The second kappa shape index (κ2) is 14.5. The van der Waals surface area contributed by atoms with Gasteiger partial charge in [-0.05, 0) is 47.7 Å². The van der Waals surface area contributed by atoms with Gasteiger partial charge in [-0.25, -0.2) is 0 Å². The molecule has 34 heavy (non-hydrogen) atoms. The van der Waals surface area contributed by atoms with Gasteiger partial charge < -0.3 is 16.0 Å². The van der Waals surface area contributed by atoms with Crippen molar-refractivity contribution in [2.45, 2.75) is 46.6 Å². The summed E-state index contributed by atoms with van der Waals surface area (Å²) in [6.07, 6.45) is 2.95. The first-order valence-electron chi connectivity index (χ1n) is 11.3. The molecule has 1 saturated heterocycles. The van der Waals surface area contributed by atoms with Crippen molar-refractivity contribution in [3.8, 4) is 0 Å². The smallest absolute Gasteiger partial charge is 0.227 e. The van der Waals surface area contributed by atoms with Crippen LogP contribution in [0.1, 0.15) is 43.3 Å². The number of benzene rings is 2. The van der Waals surface area contributed by atoms with E-state index in [2.05, 4.69) is 22.4 Å². The third kappa shape index (κ3) is 8.52. The van der Waals surface area contributed by atoms with Gasteiger partial charge >= 0.3 is 0 Å². The van der Waals surface area contributed by atoms with E-state index in [-0.39, 0.29) is 5.91 Å². The third-order valence-electron chi connectivity index (χ3n) is 4.99. The van der Waals surface area contributed by atoms with Crippen LogP contribution in [0.15, 0.2) is 48.5 Å². The summed E-state index contributed by atoms with van der Waals surface area (Å²) in [4.78, 5) is 23.7. The summed E-state index contributed by atoms with van der Waals surface area (Å²) in [6, 6.07) is 15.6. The van der Waals surface area contributed by atoms with Crippen LogP contribution in [-0.2, 0) is 29.0 Å². The molecule has 2 aromatic carbocycles. The van der Waals surface area contributed by atoms with Crippen LogP contribution in [0.3, 0.4) is 0 Å². The Morgan fingerprint density at radius 1 is 1.09 bits per heavy atom. The minimum atomic E-state index is 0.225. The van der Waals surface area contributed by atoms with Crippen LogP contribution in [-0.4, -0.2) is 29.1 Å². The van der Waals surface area contributed by atoms with Crippen LogP contribution in [0, 0.1) is 5.92 Å². The number of rotatable bonds is 7. The highest BCUT2D eigenvalue weighted by Gasteiger charge is 2.27. The van der Waals surface area contributed by atoms with Crippen LogP contribution in [0.5, 0.6) is 0 Å². The Morgan fingerprint density at radius 2 is 1.74 bits per heavy atom. The average Bonchev–Trinajstić information content (AvgIpc) is 3.46. The molecule has 1 aliphatic rings. The van der Waals surface area contributed by atoms with E-state index >= 15 is 0 Å². The van der Waals surface area contributed by atoms with E-state index in [1.165, 1.54) is 16.9 Å². The van der Waals surface area contributed by atoms with Gasteiger partial charge in [0.2, 0.25) is 17.4 Å². The largest absolute Gasteiger partial charge is 0.326 e. The predicted molar refractivity (Wildman–Crippen MR) is 140 cm³/mol. The molecule has 1 aliphatic heterocycles. The molecule has 0 aliphatic carbocycles. The SMILES string of the molecule is CC.CC1CC(=O)N(c2ccc(CN)cc2)C1.O=CNc1nnc(CCc2ccc(Cl)cc2)s1. The van der Waals surface area contributed by atoms with Crippen LogP contribution < -0.4 is 16.0 Å². The fraction of sp³-hybridized carbons (Fsp3) is 0.360. The van der Waals surface area contributed by atoms with Crippen LogP contribution in [0.4, 0.5) is 10.8 Å². The van der Waals surface area contributed by atoms with Gasteiger partial charge in [-0.2, -0.15) is 0 Å². The lowest BCUT2D eigenvalue weighted by atomic mass is 10.1. The van der Waals surface area contributed by atoms with Crippen molar-refractivity contribution in [1.29, 1.82) is 0 Å². The highest BCUT2D eigenvalue weighted by molar-refractivity contribution is 7.15. The molecule has 0 bridgehead atoms. The normalized spacial score (nSPS) is 14.6. The van der Waals surface area contributed by atoms with Crippen molar-refractivity contribution in [3.05, 3.63) is 69.7 Å². The number of hydrogen-bond donors (Lipinski definition) is 2. The lowest BCUT2D eigenvalue weighted by molar-refractivity contribution is -0.117. The molecule has 1 fully saturated rings.